The van der Waals surface area contributed by atoms with Gasteiger partial charge < -0.3 is 9.64 Å². The molecular formula is C16H25N3O4S. The van der Waals surface area contributed by atoms with Crippen LogP contribution in [0.15, 0.2) is 29.4 Å². The van der Waals surface area contributed by atoms with Crippen molar-refractivity contribution in [1.82, 2.24) is 14.6 Å². The van der Waals surface area contributed by atoms with E-state index in [1.54, 1.807) is 18.1 Å². The van der Waals surface area contributed by atoms with Crippen LogP contribution >= 0.6 is 0 Å². The zero-order valence-electron chi connectivity index (χ0n) is 14.4. The maximum absolute atomic E-state index is 12.7. The van der Waals surface area contributed by atoms with E-state index in [-0.39, 0.29) is 16.7 Å². The number of rotatable bonds is 7. The molecule has 1 aromatic rings. The summed E-state index contributed by atoms with van der Waals surface area (Å²) in [6, 6.07) is 3.10. The molecule has 0 radical (unpaired) electrons. The standard InChI is InChI=1S/C16H25N3O4S/c1-13(2)16(7-6-15(20)19(12-16)9-10-23-3)18-24(21,22)14-5-4-8-17-11-14/h4-5,8,11,13,18H,6-7,9-10,12H2,1-3H3. The van der Waals surface area contributed by atoms with Gasteiger partial charge in [-0.2, -0.15) is 0 Å². The first-order chi connectivity index (χ1) is 11.3. The smallest absolute Gasteiger partial charge is 0.242 e. The SMILES string of the molecule is COCCN1CC(NS(=O)(=O)c2cccnc2)(C(C)C)CCC1=O. The van der Waals surface area contributed by atoms with Crippen molar-refractivity contribution in [2.45, 2.75) is 37.1 Å². The Kier molecular flexibility index (Phi) is 5.95. The number of carbonyl (C=O) groups excluding carboxylic acids is 1. The van der Waals surface area contributed by atoms with Crippen molar-refractivity contribution < 1.29 is 17.9 Å². The average molecular weight is 355 g/mol. The molecule has 1 aliphatic heterocycles. The van der Waals surface area contributed by atoms with E-state index >= 15 is 0 Å². The van der Waals surface area contributed by atoms with Crippen molar-refractivity contribution >= 4 is 15.9 Å². The number of amides is 1. The molecule has 24 heavy (non-hydrogen) atoms. The summed E-state index contributed by atoms with van der Waals surface area (Å²) in [5.74, 6) is 0.0611. The molecule has 1 N–H and O–H groups in total. The van der Waals surface area contributed by atoms with Gasteiger partial charge in [-0.25, -0.2) is 13.1 Å². The summed E-state index contributed by atoms with van der Waals surface area (Å²) in [5.41, 5.74) is -0.698. The van der Waals surface area contributed by atoms with E-state index < -0.39 is 15.6 Å². The van der Waals surface area contributed by atoms with Crippen LogP contribution in [-0.2, 0) is 19.6 Å². The van der Waals surface area contributed by atoms with Crippen LogP contribution in [0.5, 0.6) is 0 Å². The third kappa shape index (κ3) is 4.12. The molecule has 0 bridgehead atoms. The van der Waals surface area contributed by atoms with Gasteiger partial charge in [-0.1, -0.05) is 13.8 Å². The summed E-state index contributed by atoms with van der Waals surface area (Å²) >= 11 is 0. The number of ether oxygens (including phenoxy) is 1. The summed E-state index contributed by atoms with van der Waals surface area (Å²) in [7, 11) is -2.13. The molecule has 2 heterocycles. The van der Waals surface area contributed by atoms with Crippen molar-refractivity contribution in [2.24, 2.45) is 5.92 Å². The second-order valence-electron chi connectivity index (χ2n) is 6.41. The lowest BCUT2D eigenvalue weighted by atomic mass is 9.80. The van der Waals surface area contributed by atoms with Gasteiger partial charge in [0.15, 0.2) is 0 Å². The number of piperidine rings is 1. The average Bonchev–Trinajstić information content (AvgIpc) is 2.56. The van der Waals surface area contributed by atoms with Crippen LogP contribution in [0.2, 0.25) is 0 Å². The molecule has 1 unspecified atom stereocenters. The number of methoxy groups -OCH3 is 1. The highest BCUT2D eigenvalue weighted by atomic mass is 32.2. The molecule has 1 fully saturated rings. The van der Waals surface area contributed by atoms with Gasteiger partial charge >= 0.3 is 0 Å². The van der Waals surface area contributed by atoms with E-state index in [4.69, 9.17) is 4.74 Å². The first kappa shape index (κ1) is 18.8. The van der Waals surface area contributed by atoms with E-state index in [2.05, 4.69) is 9.71 Å². The van der Waals surface area contributed by atoms with Gasteiger partial charge in [0.25, 0.3) is 0 Å². The molecule has 1 saturated heterocycles. The highest BCUT2D eigenvalue weighted by Crippen LogP contribution is 2.31. The Morgan fingerprint density at radius 3 is 2.79 bits per heavy atom. The van der Waals surface area contributed by atoms with Crippen LogP contribution in [0, 0.1) is 5.92 Å². The van der Waals surface area contributed by atoms with E-state index in [1.807, 2.05) is 13.8 Å². The minimum absolute atomic E-state index is 0.0297. The zero-order valence-corrected chi connectivity index (χ0v) is 15.2. The fourth-order valence-corrected chi connectivity index (χ4v) is 4.42. The van der Waals surface area contributed by atoms with Crippen LogP contribution in [-0.4, -0.2) is 56.6 Å². The zero-order chi connectivity index (χ0) is 17.8. The number of pyridine rings is 1. The molecule has 1 aromatic heterocycles. The van der Waals surface area contributed by atoms with Crippen LogP contribution in [0.4, 0.5) is 0 Å². The number of hydrogen-bond donors (Lipinski definition) is 1. The number of aromatic nitrogens is 1. The highest BCUT2D eigenvalue weighted by Gasteiger charge is 2.44. The number of sulfonamides is 1. The molecule has 1 atom stereocenters. The first-order valence-electron chi connectivity index (χ1n) is 8.01. The lowest BCUT2D eigenvalue weighted by Gasteiger charge is -2.45. The summed E-state index contributed by atoms with van der Waals surface area (Å²) in [4.78, 5) is 17.8. The Morgan fingerprint density at radius 1 is 1.46 bits per heavy atom. The third-order valence-electron chi connectivity index (χ3n) is 4.56. The quantitative estimate of drug-likeness (QED) is 0.789. The third-order valence-corrected chi connectivity index (χ3v) is 6.10. The van der Waals surface area contributed by atoms with Crippen LogP contribution < -0.4 is 4.72 Å². The lowest BCUT2D eigenvalue weighted by molar-refractivity contribution is -0.137. The fourth-order valence-electron chi connectivity index (χ4n) is 2.91. The second kappa shape index (κ2) is 7.58. The second-order valence-corrected chi connectivity index (χ2v) is 8.10. The number of likely N-dealkylation sites (tertiary alicyclic amines) is 1. The van der Waals surface area contributed by atoms with Crippen molar-refractivity contribution in [3.8, 4) is 0 Å². The summed E-state index contributed by atoms with van der Waals surface area (Å²) < 4.78 is 33.4. The number of nitrogens with zero attached hydrogens (tertiary/aromatic N) is 2. The summed E-state index contributed by atoms with van der Waals surface area (Å²) in [6.07, 6.45) is 3.65. The molecule has 1 aliphatic rings. The monoisotopic (exact) mass is 355 g/mol. The Labute approximate surface area is 143 Å². The van der Waals surface area contributed by atoms with E-state index in [1.165, 1.54) is 18.5 Å². The highest BCUT2D eigenvalue weighted by molar-refractivity contribution is 7.89. The van der Waals surface area contributed by atoms with Crippen molar-refractivity contribution in [1.29, 1.82) is 0 Å². The summed E-state index contributed by atoms with van der Waals surface area (Å²) in [5, 5.41) is 0. The van der Waals surface area contributed by atoms with Crippen molar-refractivity contribution in [3.63, 3.8) is 0 Å². The first-order valence-corrected chi connectivity index (χ1v) is 9.50. The van der Waals surface area contributed by atoms with Crippen molar-refractivity contribution in [2.75, 3.05) is 26.8 Å². The van der Waals surface area contributed by atoms with Gasteiger partial charge in [-0.3, -0.25) is 9.78 Å². The molecule has 0 aliphatic carbocycles. The Hall–Kier alpha value is -1.51. The Morgan fingerprint density at radius 2 is 2.21 bits per heavy atom. The van der Waals surface area contributed by atoms with E-state index in [9.17, 15) is 13.2 Å². The molecular weight excluding hydrogens is 330 g/mol. The van der Waals surface area contributed by atoms with Crippen LogP contribution in [0.3, 0.4) is 0 Å². The molecule has 0 aromatic carbocycles. The largest absolute Gasteiger partial charge is 0.383 e. The van der Waals surface area contributed by atoms with Crippen molar-refractivity contribution in [3.05, 3.63) is 24.5 Å². The van der Waals surface area contributed by atoms with E-state index in [0.29, 0.717) is 32.5 Å². The normalized spacial score (nSPS) is 22.2. The molecule has 7 nitrogen and oxygen atoms in total. The van der Waals surface area contributed by atoms with Crippen LogP contribution in [0.1, 0.15) is 26.7 Å². The van der Waals surface area contributed by atoms with Gasteiger partial charge in [0.1, 0.15) is 4.90 Å². The Balaban J connectivity index is 2.26. The summed E-state index contributed by atoms with van der Waals surface area (Å²) in [6.45, 7) is 5.16. The minimum atomic E-state index is -3.71. The minimum Gasteiger partial charge on any atom is -0.383 e. The van der Waals surface area contributed by atoms with Gasteiger partial charge in [0, 0.05) is 39.0 Å². The lowest BCUT2D eigenvalue weighted by Crippen LogP contribution is -2.63. The van der Waals surface area contributed by atoms with Gasteiger partial charge in [0.05, 0.1) is 12.1 Å². The molecule has 1 amide bonds. The molecule has 134 valence electrons. The number of hydrogen-bond acceptors (Lipinski definition) is 5. The van der Waals surface area contributed by atoms with Gasteiger partial charge in [-0.05, 0) is 24.5 Å². The number of carbonyl (C=O) groups is 1. The molecule has 0 saturated carbocycles. The van der Waals surface area contributed by atoms with Gasteiger partial charge in [-0.15, -0.1) is 0 Å². The van der Waals surface area contributed by atoms with E-state index in [0.717, 1.165) is 0 Å². The topological polar surface area (TPSA) is 88.6 Å². The molecule has 8 heteroatoms. The Bertz CT molecular complexity index is 663. The predicted octanol–water partition coefficient (Wildman–Crippen LogP) is 1.02. The van der Waals surface area contributed by atoms with Gasteiger partial charge in [0.2, 0.25) is 15.9 Å². The number of nitrogens with one attached hydrogen (secondary N) is 1. The predicted molar refractivity (Wildman–Crippen MR) is 89.8 cm³/mol. The molecule has 2 rings (SSSR count). The maximum Gasteiger partial charge on any atom is 0.242 e. The molecule has 0 spiro atoms. The maximum atomic E-state index is 12.7. The fraction of sp³-hybridized carbons (Fsp3) is 0.625. The van der Waals surface area contributed by atoms with Crippen LogP contribution in [0.25, 0.3) is 0 Å².